The van der Waals surface area contributed by atoms with Crippen molar-refractivity contribution in [3.8, 4) is 45.4 Å². The van der Waals surface area contributed by atoms with Gasteiger partial charge in [0.15, 0.2) is 0 Å². The fraction of sp³-hybridized carbons (Fsp3) is 0.425. The summed E-state index contributed by atoms with van der Waals surface area (Å²) in [6.45, 7) is 10.3. The molecule has 2 fully saturated rings. The Morgan fingerprint density at radius 1 is 0.882 bits per heavy atom. The van der Waals surface area contributed by atoms with Gasteiger partial charge in [-0.25, -0.2) is 9.97 Å². The minimum absolute atomic E-state index is 0.117. The second-order valence-electron chi connectivity index (χ2n) is 13.8. The van der Waals surface area contributed by atoms with Gasteiger partial charge in [-0.3, -0.25) is 19.5 Å². The molecule has 1 aliphatic carbocycles. The van der Waals surface area contributed by atoms with Gasteiger partial charge in [0.25, 0.3) is 0 Å². The minimum Gasteiger partial charge on any atom is -0.481 e. The number of nitrogens with zero attached hydrogens (tertiary/aromatic N) is 5. The Hall–Kier alpha value is -4.87. The molecule has 7 rings (SSSR count). The second-order valence-corrected chi connectivity index (χ2v) is 13.8. The number of amides is 2. The SMILES string of the molecule is COc1nc(-c2cccc(-c3cccc(-c4cc5c(c(OC)n4)C(NCC4CCC(=O)N4)CC5)c3C)c2C)cnc1CN1CCN(C(C)=O)CC1. The molecule has 2 atom stereocenters. The van der Waals surface area contributed by atoms with Gasteiger partial charge in [0.1, 0.15) is 5.69 Å². The highest BCUT2D eigenvalue weighted by atomic mass is 16.5. The number of rotatable bonds is 10. The molecule has 2 N–H and O–H groups in total. The maximum Gasteiger partial charge on any atom is 0.237 e. The molecule has 0 saturated carbocycles. The van der Waals surface area contributed by atoms with E-state index in [2.05, 4.69) is 71.8 Å². The van der Waals surface area contributed by atoms with Gasteiger partial charge in [-0.2, -0.15) is 0 Å². The summed E-state index contributed by atoms with van der Waals surface area (Å²) in [4.78, 5) is 42.4. The van der Waals surface area contributed by atoms with Gasteiger partial charge >= 0.3 is 0 Å². The van der Waals surface area contributed by atoms with Crippen molar-refractivity contribution in [3.05, 3.63) is 76.6 Å². The predicted molar refractivity (Wildman–Crippen MR) is 196 cm³/mol. The van der Waals surface area contributed by atoms with Gasteiger partial charge in [0.05, 0.1) is 31.8 Å². The monoisotopic (exact) mass is 689 g/mol. The Kier molecular flexibility index (Phi) is 10.0. The van der Waals surface area contributed by atoms with Crippen LogP contribution in [0.2, 0.25) is 0 Å². The highest BCUT2D eigenvalue weighted by Gasteiger charge is 2.30. The lowest BCUT2D eigenvalue weighted by molar-refractivity contribution is -0.130. The molecule has 2 unspecified atom stereocenters. The number of carbonyl (C=O) groups is 2. The van der Waals surface area contributed by atoms with Crippen LogP contribution in [-0.4, -0.2) is 89.6 Å². The van der Waals surface area contributed by atoms with Gasteiger partial charge in [0, 0.05) is 81.4 Å². The van der Waals surface area contributed by atoms with E-state index in [9.17, 15) is 9.59 Å². The second kappa shape index (κ2) is 14.8. The third-order valence-electron chi connectivity index (χ3n) is 10.8. The van der Waals surface area contributed by atoms with Gasteiger partial charge in [-0.1, -0.05) is 36.4 Å². The number of fused-ring (bicyclic) bond motifs is 1. The molecule has 266 valence electrons. The van der Waals surface area contributed by atoms with Crippen LogP contribution in [0.5, 0.6) is 11.8 Å². The number of nitrogens with one attached hydrogen (secondary N) is 2. The molecule has 2 aromatic carbocycles. The molecule has 0 spiro atoms. The van der Waals surface area contributed by atoms with Gasteiger partial charge in [0.2, 0.25) is 23.6 Å². The fourth-order valence-electron chi connectivity index (χ4n) is 7.86. The Morgan fingerprint density at radius 2 is 1.53 bits per heavy atom. The van der Waals surface area contributed by atoms with Crippen molar-refractivity contribution in [1.82, 2.24) is 35.4 Å². The summed E-state index contributed by atoms with van der Waals surface area (Å²) in [5.74, 6) is 1.43. The van der Waals surface area contributed by atoms with Crippen molar-refractivity contribution in [2.45, 2.75) is 65.1 Å². The number of ether oxygens (including phenoxy) is 2. The first-order valence-corrected chi connectivity index (χ1v) is 17.9. The van der Waals surface area contributed by atoms with Crippen molar-refractivity contribution in [3.63, 3.8) is 0 Å². The topological polar surface area (TPSA) is 122 Å². The number of methoxy groups -OCH3 is 2. The molecule has 51 heavy (non-hydrogen) atoms. The lowest BCUT2D eigenvalue weighted by atomic mass is 9.89. The summed E-state index contributed by atoms with van der Waals surface area (Å²) in [5.41, 5.74) is 11.4. The number of benzene rings is 2. The summed E-state index contributed by atoms with van der Waals surface area (Å²) in [6.07, 6.45) is 5.22. The van der Waals surface area contributed by atoms with Crippen LogP contribution in [0.1, 0.15) is 60.2 Å². The van der Waals surface area contributed by atoms with Crippen molar-refractivity contribution in [2.24, 2.45) is 0 Å². The van der Waals surface area contributed by atoms with E-state index in [1.54, 1.807) is 21.1 Å². The molecule has 2 aromatic heterocycles. The van der Waals surface area contributed by atoms with E-state index in [1.165, 1.54) is 5.56 Å². The molecule has 2 saturated heterocycles. The fourth-order valence-corrected chi connectivity index (χ4v) is 7.86. The Morgan fingerprint density at radius 3 is 2.16 bits per heavy atom. The third kappa shape index (κ3) is 7.05. The highest BCUT2D eigenvalue weighted by Crippen LogP contribution is 2.41. The first-order valence-electron chi connectivity index (χ1n) is 17.9. The van der Waals surface area contributed by atoms with Gasteiger partial charge < -0.3 is 25.0 Å². The molecule has 0 bridgehead atoms. The summed E-state index contributed by atoms with van der Waals surface area (Å²) in [6, 6.07) is 15.2. The number of hydrogen-bond donors (Lipinski definition) is 2. The molecule has 11 heteroatoms. The van der Waals surface area contributed by atoms with Crippen molar-refractivity contribution < 1.29 is 19.1 Å². The van der Waals surface area contributed by atoms with Crippen LogP contribution in [0.15, 0.2) is 48.7 Å². The zero-order valence-corrected chi connectivity index (χ0v) is 30.2. The molecular weight excluding hydrogens is 642 g/mol. The summed E-state index contributed by atoms with van der Waals surface area (Å²) >= 11 is 0. The summed E-state index contributed by atoms with van der Waals surface area (Å²) < 4.78 is 11.6. The van der Waals surface area contributed by atoms with Crippen molar-refractivity contribution >= 4 is 11.8 Å². The first kappa shape index (κ1) is 34.6. The average molecular weight is 690 g/mol. The van der Waals surface area contributed by atoms with Crippen LogP contribution in [-0.2, 0) is 22.6 Å². The zero-order valence-electron chi connectivity index (χ0n) is 30.2. The third-order valence-corrected chi connectivity index (χ3v) is 10.8. The largest absolute Gasteiger partial charge is 0.481 e. The average Bonchev–Trinajstić information content (AvgIpc) is 3.76. The van der Waals surface area contributed by atoms with E-state index in [1.807, 2.05) is 11.1 Å². The quantitative estimate of drug-likeness (QED) is 0.236. The summed E-state index contributed by atoms with van der Waals surface area (Å²) in [5, 5.41) is 6.72. The smallest absolute Gasteiger partial charge is 0.237 e. The van der Waals surface area contributed by atoms with Crippen molar-refractivity contribution in [1.29, 1.82) is 0 Å². The van der Waals surface area contributed by atoms with Crippen LogP contribution in [0, 0.1) is 13.8 Å². The maximum atomic E-state index is 11.8. The normalized spacial score (nSPS) is 18.8. The van der Waals surface area contributed by atoms with Crippen molar-refractivity contribution in [2.75, 3.05) is 46.9 Å². The highest BCUT2D eigenvalue weighted by molar-refractivity contribution is 5.83. The van der Waals surface area contributed by atoms with E-state index < -0.39 is 0 Å². The van der Waals surface area contributed by atoms with E-state index in [4.69, 9.17) is 24.4 Å². The number of aryl methyl sites for hydroxylation is 1. The van der Waals surface area contributed by atoms with Crippen LogP contribution < -0.4 is 20.1 Å². The number of hydrogen-bond acceptors (Lipinski definition) is 9. The molecule has 2 aliphatic heterocycles. The standard InChI is InChI=1S/C40H47N7O4/c1-24-29(8-6-10-31(24)34-20-27-12-14-33(38(27)40(44-34)51-5)41-21-28-13-15-37(49)43-28)30-9-7-11-32(25(30)2)35-22-42-36(39(45-35)50-4)23-46-16-18-47(19-17-46)26(3)48/h6-11,20,22,28,33,41H,12-19,21,23H2,1-5H3,(H,43,49). The number of aromatic nitrogens is 3. The van der Waals surface area contributed by atoms with E-state index in [0.717, 1.165) is 94.9 Å². The number of pyridine rings is 1. The maximum absolute atomic E-state index is 11.8. The number of piperazine rings is 1. The van der Waals surface area contributed by atoms with Gasteiger partial charge in [-0.05, 0) is 67.0 Å². The lowest BCUT2D eigenvalue weighted by Crippen LogP contribution is -2.47. The molecule has 11 nitrogen and oxygen atoms in total. The van der Waals surface area contributed by atoms with Crippen LogP contribution >= 0.6 is 0 Å². The molecule has 0 radical (unpaired) electrons. The minimum atomic E-state index is 0.117. The molecule has 4 heterocycles. The van der Waals surface area contributed by atoms with Gasteiger partial charge in [-0.15, -0.1) is 0 Å². The molecule has 3 aliphatic rings. The molecular formula is C40H47N7O4. The van der Waals surface area contributed by atoms with E-state index in [-0.39, 0.29) is 23.9 Å². The van der Waals surface area contributed by atoms with Crippen LogP contribution in [0.4, 0.5) is 0 Å². The van der Waals surface area contributed by atoms with Crippen LogP contribution in [0.25, 0.3) is 33.6 Å². The molecule has 4 aromatic rings. The zero-order chi connectivity index (χ0) is 35.6. The summed E-state index contributed by atoms with van der Waals surface area (Å²) in [7, 11) is 3.33. The van der Waals surface area contributed by atoms with E-state index >= 15 is 0 Å². The van der Waals surface area contributed by atoms with Crippen LogP contribution in [0.3, 0.4) is 0 Å². The Balaban J connectivity index is 1.14. The molecule has 2 amide bonds. The first-order chi connectivity index (χ1) is 24.7. The Labute approximate surface area is 299 Å². The Bertz CT molecular complexity index is 1960. The van der Waals surface area contributed by atoms with E-state index in [0.29, 0.717) is 37.8 Å². The number of carbonyl (C=O) groups excluding carboxylic acids is 2. The predicted octanol–water partition coefficient (Wildman–Crippen LogP) is 5.03. The lowest BCUT2D eigenvalue weighted by Gasteiger charge is -2.34.